The molecule has 1 aromatic rings. The van der Waals surface area contributed by atoms with Gasteiger partial charge in [0.15, 0.2) is 0 Å². The second-order valence-corrected chi connectivity index (χ2v) is 2.48. The van der Waals surface area contributed by atoms with Gasteiger partial charge in [-0.1, -0.05) is 11.8 Å². The Kier molecular flexibility index (Phi) is 3.18. The summed E-state index contributed by atoms with van der Waals surface area (Å²) < 4.78 is 0. The number of aromatic hydroxyl groups is 2. The zero-order valence-electron chi connectivity index (χ0n) is 6.99. The maximum atomic E-state index is 9.27. The number of benzene rings is 1. The lowest BCUT2D eigenvalue weighted by molar-refractivity contribution is 0.305. The molecule has 0 fully saturated rings. The Hall–Kier alpha value is -1.66. The second-order valence-electron chi connectivity index (χ2n) is 2.48. The van der Waals surface area contributed by atoms with Crippen molar-refractivity contribution in [1.29, 1.82) is 0 Å². The fourth-order valence-electron chi connectivity index (χ4n) is 0.839. The number of hydrogen-bond acceptors (Lipinski definition) is 3. The van der Waals surface area contributed by atoms with Crippen LogP contribution in [0.5, 0.6) is 11.5 Å². The highest BCUT2D eigenvalue weighted by atomic mass is 16.3. The fraction of sp³-hybridized carbons (Fsp3) is 0.200. The minimum absolute atomic E-state index is 0.00482. The number of aliphatic hydroxyl groups is 1. The highest BCUT2D eigenvalue weighted by Gasteiger charge is 1.97. The third kappa shape index (κ3) is 2.69. The molecule has 0 atom stereocenters. The first-order valence-corrected chi connectivity index (χ1v) is 3.86. The molecule has 0 unspecified atom stereocenters. The van der Waals surface area contributed by atoms with Gasteiger partial charge in [-0.2, -0.15) is 0 Å². The van der Waals surface area contributed by atoms with E-state index in [0.29, 0.717) is 12.0 Å². The Morgan fingerprint density at radius 2 is 2.00 bits per heavy atom. The van der Waals surface area contributed by atoms with Crippen LogP contribution in [-0.2, 0) is 0 Å². The lowest BCUT2D eigenvalue weighted by Crippen LogP contribution is -1.79. The molecule has 0 heterocycles. The Bertz CT molecular complexity index is 347. The van der Waals surface area contributed by atoms with E-state index in [4.69, 9.17) is 10.2 Å². The maximum Gasteiger partial charge on any atom is 0.134 e. The SMILES string of the molecule is OCCC#Cc1ccc(O)cc1O. The Labute approximate surface area is 76.3 Å². The highest BCUT2D eigenvalue weighted by Crippen LogP contribution is 2.21. The number of aliphatic hydroxyl groups excluding tert-OH is 1. The van der Waals surface area contributed by atoms with Crippen molar-refractivity contribution < 1.29 is 15.3 Å². The molecule has 1 aromatic carbocycles. The quantitative estimate of drug-likeness (QED) is 0.558. The third-order valence-corrected chi connectivity index (χ3v) is 1.44. The van der Waals surface area contributed by atoms with Crippen LogP contribution in [0.15, 0.2) is 18.2 Å². The van der Waals surface area contributed by atoms with Crippen LogP contribution in [0.1, 0.15) is 12.0 Å². The van der Waals surface area contributed by atoms with Gasteiger partial charge in [0.25, 0.3) is 0 Å². The molecule has 0 bridgehead atoms. The van der Waals surface area contributed by atoms with Crippen LogP contribution < -0.4 is 0 Å². The molecule has 0 aliphatic heterocycles. The van der Waals surface area contributed by atoms with E-state index in [-0.39, 0.29) is 18.1 Å². The van der Waals surface area contributed by atoms with Crippen molar-refractivity contribution in [3.63, 3.8) is 0 Å². The van der Waals surface area contributed by atoms with Crippen molar-refractivity contribution in [1.82, 2.24) is 0 Å². The largest absolute Gasteiger partial charge is 0.508 e. The monoisotopic (exact) mass is 178 g/mol. The van der Waals surface area contributed by atoms with Crippen LogP contribution in [0, 0.1) is 11.8 Å². The van der Waals surface area contributed by atoms with Crippen molar-refractivity contribution in [3.8, 4) is 23.3 Å². The summed E-state index contributed by atoms with van der Waals surface area (Å²) in [5, 5.41) is 26.7. The summed E-state index contributed by atoms with van der Waals surface area (Å²) in [6, 6.07) is 4.20. The molecule has 1 rings (SSSR count). The number of phenolic OH excluding ortho intramolecular Hbond substituents is 2. The smallest absolute Gasteiger partial charge is 0.134 e. The standard InChI is InChI=1S/C10H10O3/c11-6-2-1-3-8-4-5-9(12)7-10(8)13/h4-5,7,11-13H,2,6H2. The summed E-state index contributed by atoms with van der Waals surface area (Å²) in [6.07, 6.45) is 0.375. The minimum atomic E-state index is -0.0505. The Balaban J connectivity index is 2.85. The molecule has 0 amide bonds. The molecule has 3 heteroatoms. The summed E-state index contributed by atoms with van der Waals surface area (Å²) in [7, 11) is 0. The van der Waals surface area contributed by atoms with Crippen molar-refractivity contribution in [2.75, 3.05) is 6.61 Å². The fourth-order valence-corrected chi connectivity index (χ4v) is 0.839. The van der Waals surface area contributed by atoms with Crippen molar-refractivity contribution in [2.24, 2.45) is 0 Å². The highest BCUT2D eigenvalue weighted by molar-refractivity contribution is 5.48. The molecule has 0 spiro atoms. The van der Waals surface area contributed by atoms with E-state index in [2.05, 4.69) is 11.8 Å². The van der Waals surface area contributed by atoms with E-state index < -0.39 is 0 Å². The second kappa shape index (κ2) is 4.39. The first kappa shape index (κ1) is 9.43. The Morgan fingerprint density at radius 1 is 1.23 bits per heavy atom. The molecule has 0 aliphatic rings. The number of rotatable bonds is 1. The number of phenols is 2. The zero-order valence-corrected chi connectivity index (χ0v) is 6.99. The molecule has 68 valence electrons. The molecular weight excluding hydrogens is 168 g/mol. The summed E-state index contributed by atoms with van der Waals surface area (Å²) in [5.41, 5.74) is 0.450. The average Bonchev–Trinajstić information content (AvgIpc) is 2.09. The topological polar surface area (TPSA) is 60.7 Å². The minimum Gasteiger partial charge on any atom is -0.508 e. The summed E-state index contributed by atoms with van der Waals surface area (Å²) >= 11 is 0. The zero-order chi connectivity index (χ0) is 9.68. The first-order valence-electron chi connectivity index (χ1n) is 3.86. The van der Waals surface area contributed by atoms with E-state index >= 15 is 0 Å². The van der Waals surface area contributed by atoms with E-state index in [1.807, 2.05) is 0 Å². The average molecular weight is 178 g/mol. The third-order valence-electron chi connectivity index (χ3n) is 1.44. The normalized spacial score (nSPS) is 9.00. The van der Waals surface area contributed by atoms with Crippen LogP contribution in [-0.4, -0.2) is 21.9 Å². The summed E-state index contributed by atoms with van der Waals surface area (Å²) in [4.78, 5) is 0. The maximum absolute atomic E-state index is 9.27. The van der Waals surface area contributed by atoms with Gasteiger partial charge in [0.2, 0.25) is 0 Å². The first-order chi connectivity index (χ1) is 6.24. The van der Waals surface area contributed by atoms with Crippen LogP contribution >= 0.6 is 0 Å². The van der Waals surface area contributed by atoms with Crippen LogP contribution in [0.25, 0.3) is 0 Å². The van der Waals surface area contributed by atoms with Gasteiger partial charge in [-0.3, -0.25) is 0 Å². The summed E-state index contributed by atoms with van der Waals surface area (Å²) in [5.74, 6) is 5.29. The molecule has 13 heavy (non-hydrogen) atoms. The molecule has 0 saturated heterocycles. The van der Waals surface area contributed by atoms with Crippen LogP contribution in [0.2, 0.25) is 0 Å². The van der Waals surface area contributed by atoms with E-state index in [0.717, 1.165) is 0 Å². The molecule has 0 aliphatic carbocycles. The van der Waals surface area contributed by atoms with Crippen molar-refractivity contribution in [2.45, 2.75) is 6.42 Å². The van der Waals surface area contributed by atoms with E-state index in [9.17, 15) is 5.11 Å². The lowest BCUT2D eigenvalue weighted by Gasteiger charge is -1.96. The van der Waals surface area contributed by atoms with Gasteiger partial charge in [-0.05, 0) is 12.1 Å². The van der Waals surface area contributed by atoms with E-state index in [1.54, 1.807) is 0 Å². The molecule has 0 radical (unpaired) electrons. The van der Waals surface area contributed by atoms with Crippen molar-refractivity contribution >= 4 is 0 Å². The van der Waals surface area contributed by atoms with Gasteiger partial charge >= 0.3 is 0 Å². The lowest BCUT2D eigenvalue weighted by atomic mass is 10.2. The number of hydrogen-bond donors (Lipinski definition) is 3. The van der Waals surface area contributed by atoms with Gasteiger partial charge in [-0.25, -0.2) is 0 Å². The van der Waals surface area contributed by atoms with Gasteiger partial charge in [0.1, 0.15) is 11.5 Å². The van der Waals surface area contributed by atoms with E-state index in [1.165, 1.54) is 18.2 Å². The molecule has 0 aromatic heterocycles. The molecule has 0 saturated carbocycles. The van der Waals surface area contributed by atoms with Crippen molar-refractivity contribution in [3.05, 3.63) is 23.8 Å². The van der Waals surface area contributed by atoms with Gasteiger partial charge in [-0.15, -0.1) is 0 Å². The predicted octanol–water partition coefficient (Wildman–Crippen LogP) is 0.832. The molecule has 3 nitrogen and oxygen atoms in total. The summed E-state index contributed by atoms with van der Waals surface area (Å²) in [6.45, 7) is 0.00580. The van der Waals surface area contributed by atoms with Gasteiger partial charge < -0.3 is 15.3 Å². The Morgan fingerprint density at radius 3 is 2.62 bits per heavy atom. The van der Waals surface area contributed by atoms with Crippen LogP contribution in [0.4, 0.5) is 0 Å². The molecule has 3 N–H and O–H groups in total. The molecular formula is C10H10O3. The van der Waals surface area contributed by atoms with Crippen LogP contribution in [0.3, 0.4) is 0 Å². The van der Waals surface area contributed by atoms with Gasteiger partial charge in [0.05, 0.1) is 12.2 Å². The van der Waals surface area contributed by atoms with Gasteiger partial charge in [0, 0.05) is 12.5 Å². The predicted molar refractivity (Wildman–Crippen MR) is 48.4 cm³/mol.